The molecular formula is C4H6F6Si2. The molecule has 0 bridgehead atoms. The zero-order valence-electron chi connectivity index (χ0n) is 5.84. The highest BCUT2D eigenvalue weighted by Crippen LogP contribution is 2.41. The fraction of sp³-hybridized carbons (Fsp3) is 1.00. The minimum Gasteiger partial charge on any atom is -0.268 e. The molecule has 0 aliphatic carbocycles. The average molecular weight is 224 g/mol. The summed E-state index contributed by atoms with van der Waals surface area (Å²) in [5.74, 6) is 0. The first kappa shape index (κ1) is 10.1. The van der Waals surface area contributed by atoms with Crippen LogP contribution in [0.4, 0.5) is 25.2 Å². The third-order valence-corrected chi connectivity index (χ3v) is 9.14. The predicted molar refractivity (Wildman–Crippen MR) is 35.3 cm³/mol. The van der Waals surface area contributed by atoms with Crippen molar-refractivity contribution in [2.24, 2.45) is 0 Å². The largest absolute Gasteiger partial charge is 0.479 e. The lowest BCUT2D eigenvalue weighted by Gasteiger charge is -2.29. The molecule has 0 aromatic heterocycles. The summed E-state index contributed by atoms with van der Waals surface area (Å²) in [7, 11) is -11.5. The van der Waals surface area contributed by atoms with Crippen molar-refractivity contribution in [3.05, 3.63) is 0 Å². The van der Waals surface area contributed by atoms with Gasteiger partial charge in [-0.15, -0.1) is 0 Å². The molecule has 0 saturated carbocycles. The highest BCUT2D eigenvalue weighted by Gasteiger charge is 2.70. The third-order valence-electron chi connectivity index (χ3n) is 1.83. The van der Waals surface area contributed by atoms with Crippen LogP contribution >= 0.6 is 0 Å². The lowest BCUT2D eigenvalue weighted by molar-refractivity contribution is 0.180. The molecule has 72 valence electrons. The van der Waals surface area contributed by atoms with Crippen LogP contribution in [0.5, 0.6) is 0 Å². The van der Waals surface area contributed by atoms with Gasteiger partial charge in [0.25, 0.3) is 0 Å². The number of halogens is 6. The van der Waals surface area contributed by atoms with E-state index in [1.807, 2.05) is 0 Å². The lowest BCUT2D eigenvalue weighted by Crippen LogP contribution is -2.59. The van der Waals surface area contributed by atoms with Gasteiger partial charge in [0, 0.05) is 12.1 Å². The molecule has 0 aromatic rings. The SMILES string of the molecule is FC1C[Si](F)(F)[Si](F)(F)CC1F. The first-order chi connectivity index (χ1) is 5.26. The van der Waals surface area contributed by atoms with E-state index in [4.69, 9.17) is 0 Å². The monoisotopic (exact) mass is 224 g/mol. The van der Waals surface area contributed by atoms with Gasteiger partial charge >= 0.3 is 16.5 Å². The molecule has 0 amide bonds. The second-order valence-corrected chi connectivity index (χ2v) is 10.9. The van der Waals surface area contributed by atoms with Crippen molar-refractivity contribution >= 4 is 16.5 Å². The molecule has 1 rings (SSSR count). The quantitative estimate of drug-likeness (QED) is 0.337. The van der Waals surface area contributed by atoms with Crippen molar-refractivity contribution in [2.45, 2.75) is 24.4 Å². The summed E-state index contributed by atoms with van der Waals surface area (Å²) in [6.07, 6.45) is -4.78. The van der Waals surface area contributed by atoms with Gasteiger partial charge in [-0.25, -0.2) is 8.78 Å². The smallest absolute Gasteiger partial charge is 0.268 e. The Bertz CT molecular complexity index is 162. The molecule has 0 N–H and O–H groups in total. The Morgan fingerprint density at radius 1 is 0.750 bits per heavy atom. The zero-order chi connectivity index (χ0) is 9.57. The fourth-order valence-corrected chi connectivity index (χ4v) is 6.09. The van der Waals surface area contributed by atoms with E-state index in [0.29, 0.717) is 0 Å². The minimum atomic E-state index is -5.73. The van der Waals surface area contributed by atoms with Crippen molar-refractivity contribution in [1.29, 1.82) is 0 Å². The Morgan fingerprint density at radius 2 is 1.00 bits per heavy atom. The minimum absolute atomic E-state index is 1.53. The summed E-state index contributed by atoms with van der Waals surface area (Å²) in [6, 6.07) is -3.07. The molecule has 0 nitrogen and oxygen atoms in total. The van der Waals surface area contributed by atoms with E-state index in [2.05, 4.69) is 0 Å². The molecule has 1 aliphatic rings. The summed E-state index contributed by atoms with van der Waals surface area (Å²) in [5.41, 5.74) is 0. The number of alkyl halides is 2. The van der Waals surface area contributed by atoms with Gasteiger partial charge in [-0.1, -0.05) is 0 Å². The summed E-state index contributed by atoms with van der Waals surface area (Å²) in [6.45, 7) is 0. The van der Waals surface area contributed by atoms with Crippen LogP contribution in [0.1, 0.15) is 0 Å². The maximum atomic E-state index is 12.4. The number of rotatable bonds is 0. The predicted octanol–water partition coefficient (Wildman–Crippen LogP) is 2.52. The van der Waals surface area contributed by atoms with Crippen LogP contribution in [0.15, 0.2) is 0 Å². The first-order valence-corrected chi connectivity index (χ1v) is 8.23. The van der Waals surface area contributed by atoms with Crippen molar-refractivity contribution in [3.63, 3.8) is 0 Å². The molecule has 1 aliphatic heterocycles. The van der Waals surface area contributed by atoms with Crippen molar-refractivity contribution in [3.8, 4) is 0 Å². The fourth-order valence-electron chi connectivity index (χ4n) is 1.04. The van der Waals surface area contributed by atoms with Gasteiger partial charge in [-0.3, -0.25) is 16.4 Å². The standard InChI is InChI=1S/C4H6F6Si2/c5-3-1-11(7,8)12(9,10)2-4(3)6/h3-4H,1-2H2. The molecule has 8 heteroatoms. The molecule has 0 radical (unpaired) electrons. The van der Waals surface area contributed by atoms with E-state index in [1.165, 1.54) is 0 Å². The van der Waals surface area contributed by atoms with Crippen LogP contribution < -0.4 is 0 Å². The highest BCUT2D eigenvalue weighted by molar-refractivity contribution is 7.31. The summed E-state index contributed by atoms with van der Waals surface area (Å²) in [4.78, 5) is 0. The van der Waals surface area contributed by atoms with Crippen molar-refractivity contribution in [1.82, 2.24) is 0 Å². The molecule has 0 aromatic carbocycles. The summed E-state index contributed by atoms with van der Waals surface area (Å²) < 4.78 is 74.4. The van der Waals surface area contributed by atoms with Crippen LogP contribution in [0, 0.1) is 0 Å². The lowest BCUT2D eigenvalue weighted by atomic mass is 10.3. The Hall–Kier alpha value is 0.0138. The first-order valence-electron chi connectivity index (χ1n) is 3.30. The maximum absolute atomic E-state index is 12.4. The molecule has 1 saturated heterocycles. The van der Waals surface area contributed by atoms with Gasteiger partial charge in [0.1, 0.15) is 12.3 Å². The molecular weight excluding hydrogens is 218 g/mol. The van der Waals surface area contributed by atoms with Gasteiger partial charge in [0.15, 0.2) is 0 Å². The molecule has 2 atom stereocenters. The molecule has 0 spiro atoms. The van der Waals surface area contributed by atoms with Crippen molar-refractivity contribution < 1.29 is 25.2 Å². The van der Waals surface area contributed by atoms with Crippen LogP contribution in [0.2, 0.25) is 12.1 Å². The van der Waals surface area contributed by atoms with E-state index in [9.17, 15) is 25.2 Å². The maximum Gasteiger partial charge on any atom is 0.479 e. The van der Waals surface area contributed by atoms with E-state index in [1.54, 1.807) is 0 Å². The molecule has 1 fully saturated rings. The Morgan fingerprint density at radius 3 is 1.25 bits per heavy atom. The van der Waals surface area contributed by atoms with Crippen LogP contribution in [0.25, 0.3) is 0 Å². The molecule has 2 unspecified atom stereocenters. The Balaban J connectivity index is 2.80. The normalized spacial score (nSPS) is 39.5. The third kappa shape index (κ3) is 1.54. The molecule has 1 heterocycles. The van der Waals surface area contributed by atoms with Crippen molar-refractivity contribution in [2.75, 3.05) is 0 Å². The Labute approximate surface area is 67.1 Å². The van der Waals surface area contributed by atoms with Gasteiger partial charge in [-0.2, -0.15) is 0 Å². The number of hydrogen-bond acceptors (Lipinski definition) is 0. The van der Waals surface area contributed by atoms with E-state index in [-0.39, 0.29) is 0 Å². The number of hydrogen-bond donors (Lipinski definition) is 0. The average Bonchev–Trinajstić information content (AvgIpc) is 1.82. The second-order valence-electron chi connectivity index (χ2n) is 2.85. The molecule has 12 heavy (non-hydrogen) atoms. The zero-order valence-corrected chi connectivity index (χ0v) is 7.84. The van der Waals surface area contributed by atoms with Crippen LogP contribution in [0.3, 0.4) is 0 Å². The van der Waals surface area contributed by atoms with E-state index in [0.717, 1.165) is 0 Å². The van der Waals surface area contributed by atoms with Gasteiger partial charge in [-0.05, 0) is 0 Å². The van der Waals surface area contributed by atoms with E-state index >= 15 is 0 Å². The van der Waals surface area contributed by atoms with Gasteiger partial charge < -0.3 is 0 Å². The van der Waals surface area contributed by atoms with Gasteiger partial charge in [0.2, 0.25) is 0 Å². The Kier molecular flexibility index (Phi) is 2.32. The summed E-state index contributed by atoms with van der Waals surface area (Å²) in [5, 5.41) is 0. The van der Waals surface area contributed by atoms with Crippen LogP contribution in [-0.2, 0) is 0 Å². The second kappa shape index (κ2) is 2.76. The van der Waals surface area contributed by atoms with Crippen LogP contribution in [-0.4, -0.2) is 28.9 Å². The highest BCUT2D eigenvalue weighted by atomic mass is 29.3. The van der Waals surface area contributed by atoms with Gasteiger partial charge in [0.05, 0.1) is 0 Å². The topological polar surface area (TPSA) is 0 Å². The summed E-state index contributed by atoms with van der Waals surface area (Å²) >= 11 is 0. The van der Waals surface area contributed by atoms with E-state index < -0.39 is 40.9 Å².